The quantitative estimate of drug-likeness (QED) is 0.624. The number of carbonyl (C=O) groups is 1. The highest BCUT2D eigenvalue weighted by molar-refractivity contribution is 5.92. The van der Waals surface area contributed by atoms with Gasteiger partial charge in [0, 0.05) is 36.8 Å². The Morgan fingerprint density at radius 3 is 2.76 bits per heavy atom. The molecule has 3 aromatic rings. The Kier molecular flexibility index (Phi) is 7.63. The van der Waals surface area contributed by atoms with Gasteiger partial charge in [-0.2, -0.15) is 0 Å². The number of fused-ring (bicyclic) bond motifs is 1. The molecule has 1 amide bonds. The molecule has 1 saturated heterocycles. The third-order valence-corrected chi connectivity index (χ3v) is 5.20. The molecular weight excluding hydrogens is 414 g/mol. The number of aryl methyl sites for hydroxylation is 2. The zero-order valence-corrected chi connectivity index (χ0v) is 18.0. The summed E-state index contributed by atoms with van der Waals surface area (Å²) in [5, 5.41) is 6.35. The van der Waals surface area contributed by atoms with E-state index in [1.165, 1.54) is 12.1 Å². The lowest BCUT2D eigenvalue weighted by Gasteiger charge is -2.13. The third kappa shape index (κ3) is 4.89. The molecule has 0 spiro atoms. The number of rotatable bonds is 4. The first-order valence-corrected chi connectivity index (χ1v) is 9.27. The molecule has 5 nitrogen and oxygen atoms in total. The van der Waals surface area contributed by atoms with Crippen LogP contribution in [0, 0.1) is 12.7 Å². The summed E-state index contributed by atoms with van der Waals surface area (Å²) in [6, 6.07) is 10.7. The lowest BCUT2D eigenvalue weighted by Crippen LogP contribution is -2.27. The minimum Gasteiger partial charge on any atom is -0.327 e. The van der Waals surface area contributed by atoms with Crippen LogP contribution in [0.5, 0.6) is 0 Å². The highest BCUT2D eigenvalue weighted by Gasteiger charge is 2.18. The summed E-state index contributed by atoms with van der Waals surface area (Å²) in [4.78, 5) is 16.8. The summed E-state index contributed by atoms with van der Waals surface area (Å²) < 4.78 is 15.4. The van der Waals surface area contributed by atoms with Crippen LogP contribution in [0.4, 0.5) is 10.1 Å². The van der Waals surface area contributed by atoms with Gasteiger partial charge in [0.25, 0.3) is 0 Å². The summed E-state index contributed by atoms with van der Waals surface area (Å²) in [7, 11) is 1.92. The Labute approximate surface area is 181 Å². The zero-order chi connectivity index (χ0) is 19.0. The van der Waals surface area contributed by atoms with Crippen molar-refractivity contribution >= 4 is 47.4 Å². The number of anilines is 1. The standard InChI is InChI=1S/C21H23FN4O.2ClH/c1-13-10-14(21-25-18-11-15(22)6-8-19(18)26(21)2)5-7-17(13)24-20(27)12-16-4-3-9-23-16;;/h5-8,10-11,16,23H,3-4,9,12H2,1-2H3,(H,24,27);2*1H. The van der Waals surface area contributed by atoms with Gasteiger partial charge in [0.1, 0.15) is 11.6 Å². The fraction of sp³-hybridized carbons (Fsp3) is 0.333. The summed E-state index contributed by atoms with van der Waals surface area (Å²) in [5.41, 5.74) is 4.23. The average Bonchev–Trinajstić information content (AvgIpc) is 3.24. The molecular formula is C21H25Cl2FN4O. The molecule has 0 aliphatic carbocycles. The molecule has 0 bridgehead atoms. The van der Waals surface area contributed by atoms with E-state index in [0.29, 0.717) is 11.9 Å². The summed E-state index contributed by atoms with van der Waals surface area (Å²) in [5.74, 6) is 0.508. The maximum Gasteiger partial charge on any atom is 0.225 e. The van der Waals surface area contributed by atoms with Crippen molar-refractivity contribution in [3.05, 3.63) is 47.8 Å². The zero-order valence-electron chi connectivity index (χ0n) is 16.4. The smallest absolute Gasteiger partial charge is 0.225 e. The third-order valence-electron chi connectivity index (χ3n) is 5.20. The van der Waals surface area contributed by atoms with Gasteiger partial charge >= 0.3 is 0 Å². The Hall–Kier alpha value is -2.15. The van der Waals surface area contributed by atoms with E-state index in [4.69, 9.17) is 0 Å². The maximum absolute atomic E-state index is 13.5. The van der Waals surface area contributed by atoms with E-state index in [1.54, 1.807) is 6.07 Å². The molecule has 0 radical (unpaired) electrons. The number of aromatic nitrogens is 2. The fourth-order valence-electron chi connectivity index (χ4n) is 3.73. The minimum atomic E-state index is -0.293. The van der Waals surface area contributed by atoms with Crippen LogP contribution in [0.2, 0.25) is 0 Å². The van der Waals surface area contributed by atoms with Gasteiger partial charge < -0.3 is 15.2 Å². The van der Waals surface area contributed by atoms with Gasteiger partial charge in [0.15, 0.2) is 0 Å². The van der Waals surface area contributed by atoms with Gasteiger partial charge in [-0.25, -0.2) is 9.37 Å². The van der Waals surface area contributed by atoms with E-state index in [9.17, 15) is 9.18 Å². The fourth-order valence-corrected chi connectivity index (χ4v) is 3.73. The highest BCUT2D eigenvalue weighted by Crippen LogP contribution is 2.27. The van der Waals surface area contributed by atoms with Crippen LogP contribution in [0.25, 0.3) is 22.4 Å². The first-order valence-electron chi connectivity index (χ1n) is 9.27. The number of nitrogens with zero attached hydrogens (tertiary/aromatic N) is 2. The van der Waals surface area contributed by atoms with Crippen molar-refractivity contribution in [1.82, 2.24) is 14.9 Å². The van der Waals surface area contributed by atoms with Gasteiger partial charge in [-0.05, 0) is 62.2 Å². The largest absolute Gasteiger partial charge is 0.327 e. The van der Waals surface area contributed by atoms with Crippen LogP contribution in [-0.4, -0.2) is 28.0 Å². The van der Waals surface area contributed by atoms with Crippen LogP contribution in [-0.2, 0) is 11.8 Å². The SMILES string of the molecule is Cc1cc(-c2nc3cc(F)ccc3n2C)ccc1NC(=O)CC1CCCN1.Cl.Cl. The molecule has 1 fully saturated rings. The van der Waals surface area contributed by atoms with E-state index in [-0.39, 0.29) is 42.6 Å². The Morgan fingerprint density at radius 2 is 2.07 bits per heavy atom. The molecule has 2 aromatic carbocycles. The predicted octanol–water partition coefficient (Wildman–Crippen LogP) is 4.61. The summed E-state index contributed by atoms with van der Waals surface area (Å²) >= 11 is 0. The van der Waals surface area contributed by atoms with Crippen LogP contribution in [0.15, 0.2) is 36.4 Å². The lowest BCUT2D eigenvalue weighted by atomic mass is 10.1. The molecule has 2 heterocycles. The maximum atomic E-state index is 13.5. The second-order valence-electron chi connectivity index (χ2n) is 7.20. The van der Waals surface area contributed by atoms with E-state index in [0.717, 1.165) is 47.5 Å². The Bertz CT molecular complexity index is 1020. The van der Waals surface area contributed by atoms with Gasteiger partial charge in [0.05, 0.1) is 11.0 Å². The van der Waals surface area contributed by atoms with Gasteiger partial charge in [-0.15, -0.1) is 24.8 Å². The van der Waals surface area contributed by atoms with Crippen LogP contribution in [0.3, 0.4) is 0 Å². The topological polar surface area (TPSA) is 59.0 Å². The molecule has 1 aliphatic rings. The van der Waals surface area contributed by atoms with Gasteiger partial charge in [-0.3, -0.25) is 4.79 Å². The van der Waals surface area contributed by atoms with Crippen molar-refractivity contribution in [3.8, 4) is 11.4 Å². The molecule has 1 aliphatic heterocycles. The van der Waals surface area contributed by atoms with Crippen molar-refractivity contribution in [2.75, 3.05) is 11.9 Å². The predicted molar refractivity (Wildman–Crippen MR) is 120 cm³/mol. The van der Waals surface area contributed by atoms with E-state index in [1.807, 2.05) is 36.7 Å². The Balaban J connectivity index is 0.00000150. The summed E-state index contributed by atoms with van der Waals surface area (Å²) in [6.45, 7) is 2.96. The number of hydrogen-bond acceptors (Lipinski definition) is 3. The average molecular weight is 439 g/mol. The van der Waals surface area contributed by atoms with Gasteiger partial charge in [0.2, 0.25) is 5.91 Å². The minimum absolute atomic E-state index is 0. The van der Waals surface area contributed by atoms with Gasteiger partial charge in [-0.1, -0.05) is 0 Å². The summed E-state index contributed by atoms with van der Waals surface area (Å²) in [6.07, 6.45) is 2.68. The molecule has 1 atom stereocenters. The normalized spacial score (nSPS) is 15.6. The number of imidazole rings is 1. The lowest BCUT2D eigenvalue weighted by molar-refractivity contribution is -0.116. The van der Waals surface area contributed by atoms with Crippen LogP contribution < -0.4 is 10.6 Å². The molecule has 4 rings (SSSR count). The number of hydrogen-bond donors (Lipinski definition) is 2. The number of carbonyl (C=O) groups excluding carboxylic acids is 1. The Morgan fingerprint density at radius 1 is 1.28 bits per heavy atom. The van der Waals surface area contributed by atoms with Crippen molar-refractivity contribution < 1.29 is 9.18 Å². The molecule has 156 valence electrons. The van der Waals surface area contributed by atoms with Crippen molar-refractivity contribution in [1.29, 1.82) is 0 Å². The number of nitrogens with one attached hydrogen (secondary N) is 2. The molecule has 29 heavy (non-hydrogen) atoms. The second-order valence-corrected chi connectivity index (χ2v) is 7.20. The van der Waals surface area contributed by atoms with E-state index in [2.05, 4.69) is 15.6 Å². The molecule has 2 N–H and O–H groups in total. The molecule has 0 saturated carbocycles. The number of halogens is 3. The van der Waals surface area contributed by atoms with Crippen LogP contribution >= 0.6 is 24.8 Å². The first kappa shape index (κ1) is 23.1. The number of benzene rings is 2. The first-order chi connectivity index (χ1) is 13.0. The highest BCUT2D eigenvalue weighted by atomic mass is 35.5. The monoisotopic (exact) mass is 438 g/mol. The van der Waals surface area contributed by atoms with E-state index < -0.39 is 0 Å². The second kappa shape index (κ2) is 9.57. The van der Waals surface area contributed by atoms with Crippen molar-refractivity contribution in [3.63, 3.8) is 0 Å². The van der Waals surface area contributed by atoms with Crippen molar-refractivity contribution in [2.45, 2.75) is 32.2 Å². The van der Waals surface area contributed by atoms with E-state index >= 15 is 0 Å². The molecule has 8 heteroatoms. The number of amides is 1. The molecule has 1 unspecified atom stereocenters. The molecule has 1 aromatic heterocycles. The van der Waals surface area contributed by atoms with Crippen LogP contribution in [0.1, 0.15) is 24.8 Å². The van der Waals surface area contributed by atoms with Crippen molar-refractivity contribution in [2.24, 2.45) is 7.05 Å².